The maximum Gasteiger partial charge on any atom is 0.0849 e. The molecule has 0 atom stereocenters. The summed E-state index contributed by atoms with van der Waals surface area (Å²) < 4.78 is 0. The molecule has 0 aliphatic rings. The van der Waals surface area contributed by atoms with Crippen molar-refractivity contribution in [3.8, 4) is 0 Å². The van der Waals surface area contributed by atoms with Crippen molar-refractivity contribution in [2.45, 2.75) is 93.9 Å². The van der Waals surface area contributed by atoms with Gasteiger partial charge in [-0.3, -0.25) is 9.98 Å². The Morgan fingerprint density at radius 1 is 0.550 bits per heavy atom. The van der Waals surface area contributed by atoms with Gasteiger partial charge in [-0.15, -0.1) is 0 Å². The van der Waals surface area contributed by atoms with Crippen molar-refractivity contribution in [1.82, 2.24) is 4.98 Å². The Bertz CT molecular complexity index is 1140. The molecule has 0 spiro atoms. The molecule has 0 saturated carbocycles. The normalized spacial score (nSPS) is 11.1. The first-order chi connectivity index (χ1) is 17.4. The molecule has 3 nitrogen and oxygen atoms in total. The van der Waals surface area contributed by atoms with Gasteiger partial charge in [0.15, 0.2) is 0 Å². The van der Waals surface area contributed by atoms with E-state index >= 15 is 0 Å². The van der Waals surface area contributed by atoms with Gasteiger partial charge in [-0.25, -0.2) is 4.98 Å². The third-order valence-corrected chi connectivity index (χ3v) is 7.04. The Hall–Kier alpha value is -1.62. The quantitative estimate of drug-likeness (QED) is 0.283. The van der Waals surface area contributed by atoms with Crippen LogP contribution in [0.15, 0.2) is 52.4 Å². The van der Waals surface area contributed by atoms with Crippen LogP contribution in [0.3, 0.4) is 0 Å². The number of nitrogens with zero attached hydrogens (tertiary/aromatic N) is 3. The van der Waals surface area contributed by atoms with E-state index in [2.05, 4.69) is 97.9 Å². The molecule has 0 aliphatic heterocycles. The van der Waals surface area contributed by atoms with E-state index in [1.807, 2.05) is 0 Å². The first kappa shape index (κ1) is 40.5. The number of hydrogen-bond donors (Lipinski definition) is 0. The fraction of sp³-hybridized carbons (Fsp3) is 0.424. The number of aryl methyl sites for hydroxylation is 6. The van der Waals surface area contributed by atoms with Gasteiger partial charge in [0.2, 0.25) is 0 Å². The minimum absolute atomic E-state index is 0. The molecule has 0 N–H and O–H groups in total. The SMILES string of the molecule is CCc1cc(CC)c(N=C(C)c2cccc(C(C)=Nc3c(CC)cc(CC)cc3CC)n2)c(CC)c1.[Cl-].[Cl-].[Cl-].[V]. The monoisotopic (exact) mass is 637 g/mol. The summed E-state index contributed by atoms with van der Waals surface area (Å²) in [5, 5.41) is 0. The third-order valence-electron chi connectivity index (χ3n) is 7.04. The van der Waals surface area contributed by atoms with Crippen LogP contribution in [0, 0.1) is 0 Å². The van der Waals surface area contributed by atoms with Gasteiger partial charge >= 0.3 is 0 Å². The predicted octanol–water partition coefficient (Wildman–Crippen LogP) is -0.253. The van der Waals surface area contributed by atoms with Crippen LogP contribution in [0.2, 0.25) is 0 Å². The maximum absolute atomic E-state index is 5.12. The van der Waals surface area contributed by atoms with E-state index in [1.165, 1.54) is 33.4 Å². The Balaban J connectivity index is 0. The van der Waals surface area contributed by atoms with E-state index in [0.29, 0.717) is 0 Å². The second-order valence-corrected chi connectivity index (χ2v) is 9.45. The van der Waals surface area contributed by atoms with Crippen LogP contribution in [-0.2, 0) is 57.1 Å². The molecule has 1 heterocycles. The second-order valence-electron chi connectivity index (χ2n) is 9.45. The van der Waals surface area contributed by atoms with Crippen molar-refractivity contribution in [2.24, 2.45) is 9.98 Å². The van der Waals surface area contributed by atoms with Crippen LogP contribution < -0.4 is 37.2 Å². The van der Waals surface area contributed by atoms with Crippen molar-refractivity contribution in [3.05, 3.63) is 87.2 Å². The fourth-order valence-electron chi connectivity index (χ4n) is 4.73. The molecule has 3 aromatic rings. The van der Waals surface area contributed by atoms with Gasteiger partial charge in [-0.1, -0.05) is 71.9 Å². The number of rotatable bonds is 10. The van der Waals surface area contributed by atoms with Crippen LogP contribution in [0.4, 0.5) is 11.4 Å². The number of aliphatic imine (C=N–C) groups is 2. The summed E-state index contributed by atoms with van der Waals surface area (Å²) in [6.45, 7) is 17.4. The summed E-state index contributed by atoms with van der Waals surface area (Å²) >= 11 is 0. The number of aromatic nitrogens is 1. The van der Waals surface area contributed by atoms with Crippen LogP contribution in [0.25, 0.3) is 0 Å². The largest absolute Gasteiger partial charge is 1.00 e. The standard InChI is InChI=1S/C33H43N3.3ClH.V/c1-9-24-18-26(11-3)32(27(12-4)19-24)34-22(7)30-16-15-17-31(36-30)23(8)35-33-28(13-5)20-25(10-2)21-29(33)14-6;;;;/h15-21H,9-14H2,1-8H3;3*1H;/p-3. The summed E-state index contributed by atoms with van der Waals surface area (Å²) in [5.41, 5.74) is 13.9. The molecule has 3 rings (SSSR count). The summed E-state index contributed by atoms with van der Waals surface area (Å²) in [6.07, 6.45) is 5.99. The Morgan fingerprint density at radius 3 is 1.10 bits per heavy atom. The van der Waals surface area contributed by atoms with Gasteiger partial charge < -0.3 is 37.2 Å². The van der Waals surface area contributed by atoms with E-state index in [4.69, 9.17) is 15.0 Å². The zero-order valence-corrected chi connectivity index (χ0v) is 28.9. The predicted molar refractivity (Wildman–Crippen MR) is 157 cm³/mol. The fourth-order valence-corrected chi connectivity index (χ4v) is 4.73. The maximum atomic E-state index is 5.12. The number of hydrogen-bond acceptors (Lipinski definition) is 3. The molecule has 1 aromatic heterocycles. The zero-order chi connectivity index (χ0) is 26.2. The molecule has 0 amide bonds. The number of benzene rings is 2. The summed E-state index contributed by atoms with van der Waals surface area (Å²) in [5.74, 6) is 0. The van der Waals surface area contributed by atoms with E-state index in [-0.39, 0.29) is 55.8 Å². The van der Waals surface area contributed by atoms with Gasteiger partial charge in [0, 0.05) is 18.6 Å². The van der Waals surface area contributed by atoms with Gasteiger partial charge in [-0.2, -0.15) is 0 Å². The molecule has 0 fully saturated rings. The Morgan fingerprint density at radius 2 is 0.850 bits per heavy atom. The second kappa shape index (κ2) is 19.5. The minimum atomic E-state index is 0. The summed E-state index contributed by atoms with van der Waals surface area (Å²) in [7, 11) is 0. The Kier molecular flexibility index (Phi) is 19.8. The van der Waals surface area contributed by atoms with Crippen LogP contribution in [-0.4, -0.2) is 16.4 Å². The van der Waals surface area contributed by atoms with E-state index < -0.39 is 0 Å². The molecule has 0 unspecified atom stereocenters. The molecule has 2 aromatic carbocycles. The smallest absolute Gasteiger partial charge is 0.0849 e. The number of halogens is 3. The van der Waals surface area contributed by atoms with Crippen molar-refractivity contribution in [2.75, 3.05) is 0 Å². The van der Waals surface area contributed by atoms with Gasteiger partial charge in [0.25, 0.3) is 0 Å². The van der Waals surface area contributed by atoms with Crippen molar-refractivity contribution >= 4 is 22.8 Å². The van der Waals surface area contributed by atoms with E-state index in [0.717, 1.165) is 72.7 Å². The first-order valence-electron chi connectivity index (χ1n) is 13.8. The molecule has 0 aliphatic carbocycles. The third kappa shape index (κ3) is 9.74. The molecule has 0 saturated heterocycles. The topological polar surface area (TPSA) is 37.6 Å². The van der Waals surface area contributed by atoms with E-state index in [1.54, 1.807) is 0 Å². The van der Waals surface area contributed by atoms with Crippen molar-refractivity contribution < 1.29 is 55.8 Å². The van der Waals surface area contributed by atoms with Gasteiger partial charge in [-0.05, 0) is 97.9 Å². The molecule has 0 bridgehead atoms. The van der Waals surface area contributed by atoms with Gasteiger partial charge in [0.05, 0.1) is 34.2 Å². The average molecular weight is 639 g/mol. The molecule has 40 heavy (non-hydrogen) atoms. The van der Waals surface area contributed by atoms with Crippen molar-refractivity contribution in [3.63, 3.8) is 0 Å². The molecule has 219 valence electrons. The van der Waals surface area contributed by atoms with Crippen molar-refractivity contribution in [1.29, 1.82) is 0 Å². The molecular formula is C33H43Cl3N3V-3. The van der Waals surface area contributed by atoms with Crippen LogP contribution in [0.1, 0.15) is 100 Å². The summed E-state index contributed by atoms with van der Waals surface area (Å²) in [6, 6.07) is 15.4. The molecule has 7 heteroatoms. The molecular weight excluding hydrogens is 596 g/mol. The minimum Gasteiger partial charge on any atom is -1.00 e. The summed E-state index contributed by atoms with van der Waals surface area (Å²) in [4.78, 5) is 15.2. The Labute approximate surface area is 273 Å². The number of pyridine rings is 1. The van der Waals surface area contributed by atoms with Gasteiger partial charge in [0.1, 0.15) is 0 Å². The molecule has 1 radical (unpaired) electrons. The van der Waals surface area contributed by atoms with E-state index in [9.17, 15) is 0 Å². The zero-order valence-electron chi connectivity index (χ0n) is 25.2. The van der Waals surface area contributed by atoms with Crippen LogP contribution >= 0.6 is 0 Å². The first-order valence-corrected chi connectivity index (χ1v) is 13.8. The average Bonchev–Trinajstić information content (AvgIpc) is 2.92. The van der Waals surface area contributed by atoms with Crippen LogP contribution in [0.5, 0.6) is 0 Å².